The molecule has 0 saturated carbocycles. The van der Waals surface area contributed by atoms with E-state index in [-0.39, 0.29) is 26.2 Å². The standard InChI is InChI=1S/Bi.Cr.2H2O.2O/h;;2*1H2;;/q;+2;;;;/p-2. The van der Waals surface area contributed by atoms with E-state index in [2.05, 4.69) is 0 Å². The molecule has 3 radical (unpaired) electrons. The van der Waals surface area contributed by atoms with Crippen molar-refractivity contribution in [3.8, 4) is 0 Å². The number of rotatable bonds is 0. The summed E-state index contributed by atoms with van der Waals surface area (Å²) in [7, 11) is 0. The minimum absolute atomic E-state index is 0. The van der Waals surface area contributed by atoms with Crippen LogP contribution < -0.4 is 0 Å². The summed E-state index contributed by atoms with van der Waals surface area (Å²) in [6, 6.07) is 0. The summed E-state index contributed by atoms with van der Waals surface area (Å²) >= 11 is -5.25. The second kappa shape index (κ2) is 3.01. The molecule has 0 fully saturated rings. The fourth-order valence-electron chi connectivity index (χ4n) is 0. The van der Waals surface area contributed by atoms with Crippen molar-refractivity contribution < 1.29 is 29.5 Å². The van der Waals surface area contributed by atoms with Crippen LogP contribution in [0, 0.1) is 0 Å². The van der Waals surface area contributed by atoms with Crippen molar-refractivity contribution in [1.82, 2.24) is 0 Å². The first-order valence-corrected chi connectivity index (χ1v) is 2.88. The summed E-state index contributed by atoms with van der Waals surface area (Å²) < 4.78 is 31.9. The number of hydrogen-bond donors (Lipinski definition) is 2. The van der Waals surface area contributed by atoms with Gasteiger partial charge < -0.3 is 0 Å². The molecule has 4 nitrogen and oxygen atoms in total. The van der Waals surface area contributed by atoms with Gasteiger partial charge in [0.2, 0.25) is 0 Å². The van der Waals surface area contributed by atoms with Gasteiger partial charge in [-0.1, -0.05) is 0 Å². The van der Waals surface area contributed by atoms with Crippen LogP contribution in [0.5, 0.6) is 0 Å². The van der Waals surface area contributed by atoms with Gasteiger partial charge in [-0.25, -0.2) is 0 Å². The quantitative estimate of drug-likeness (QED) is 0.519. The third kappa shape index (κ3) is 87.3. The Morgan fingerprint density at radius 1 is 1.17 bits per heavy atom. The average Bonchev–Trinajstić information content (AvgIpc) is 0.722. The van der Waals surface area contributed by atoms with Crippen LogP contribution in [-0.4, -0.2) is 34.5 Å². The van der Waals surface area contributed by atoms with Gasteiger partial charge in [-0.05, 0) is 0 Å². The first kappa shape index (κ1) is 10.0. The van der Waals surface area contributed by atoms with Crippen molar-refractivity contribution in [2.45, 2.75) is 0 Å². The van der Waals surface area contributed by atoms with Crippen LogP contribution >= 0.6 is 0 Å². The molecule has 0 aliphatic rings. The summed E-state index contributed by atoms with van der Waals surface area (Å²) in [5, 5.41) is 0. The summed E-state index contributed by atoms with van der Waals surface area (Å²) in [4.78, 5) is 0. The molecule has 0 atom stereocenters. The van der Waals surface area contributed by atoms with Crippen LogP contribution in [0.2, 0.25) is 0 Å². The van der Waals surface area contributed by atoms with Crippen LogP contribution in [0.25, 0.3) is 0 Å². The van der Waals surface area contributed by atoms with Crippen molar-refractivity contribution in [3.63, 3.8) is 0 Å². The molecule has 2 N–H and O–H groups in total. The fourth-order valence-corrected chi connectivity index (χ4v) is 0. The molecular formula is H2BiCrO4. The zero-order valence-electron chi connectivity index (χ0n) is 2.57. The molecule has 0 unspecified atom stereocenters. The average molecular weight is 327 g/mol. The van der Waals surface area contributed by atoms with E-state index in [1.54, 1.807) is 0 Å². The van der Waals surface area contributed by atoms with Gasteiger partial charge in [-0.15, -0.1) is 0 Å². The van der Waals surface area contributed by atoms with Crippen LogP contribution in [0.15, 0.2) is 0 Å². The second-order valence-electron chi connectivity index (χ2n) is 0.448. The molecule has 6 heteroatoms. The molecule has 0 aromatic heterocycles. The van der Waals surface area contributed by atoms with Gasteiger partial charge in [0, 0.05) is 26.2 Å². The van der Waals surface area contributed by atoms with Crippen LogP contribution in [0.4, 0.5) is 0 Å². The SMILES string of the molecule is [Bi].[O]=[Cr](=[O])([OH])[OH]. The van der Waals surface area contributed by atoms with Gasteiger partial charge >= 0.3 is 29.5 Å². The van der Waals surface area contributed by atoms with Gasteiger partial charge in [0.15, 0.2) is 0 Å². The van der Waals surface area contributed by atoms with E-state index in [0.29, 0.717) is 0 Å². The van der Waals surface area contributed by atoms with Gasteiger partial charge in [-0.2, -0.15) is 0 Å². The maximum absolute atomic E-state index is 8.82. The van der Waals surface area contributed by atoms with Crippen molar-refractivity contribution in [2.24, 2.45) is 0 Å². The van der Waals surface area contributed by atoms with E-state index in [0.717, 1.165) is 0 Å². The Morgan fingerprint density at radius 2 is 1.17 bits per heavy atom. The van der Waals surface area contributed by atoms with E-state index in [4.69, 9.17) is 15.9 Å². The molecule has 0 bridgehead atoms. The fraction of sp³-hybridized carbons (Fsp3) is 0. The van der Waals surface area contributed by atoms with E-state index < -0.39 is 13.6 Å². The van der Waals surface area contributed by atoms with Gasteiger partial charge in [0.05, 0.1) is 0 Å². The third-order valence-electron chi connectivity index (χ3n) is 0. The number of hydrogen-bond acceptors (Lipinski definition) is 2. The molecule has 0 aromatic rings. The van der Waals surface area contributed by atoms with Crippen LogP contribution in [0.1, 0.15) is 0 Å². The summed E-state index contributed by atoms with van der Waals surface area (Å²) in [6.45, 7) is 0. The Labute approximate surface area is 55.7 Å². The molecule has 0 aliphatic heterocycles. The van der Waals surface area contributed by atoms with Crippen molar-refractivity contribution in [2.75, 3.05) is 0 Å². The topological polar surface area (TPSA) is 74.6 Å². The zero-order valence-corrected chi connectivity index (χ0v) is 7.32. The Hall–Kier alpha value is 0.936. The summed E-state index contributed by atoms with van der Waals surface area (Å²) in [6.07, 6.45) is 0. The summed E-state index contributed by atoms with van der Waals surface area (Å²) in [5.41, 5.74) is 0. The van der Waals surface area contributed by atoms with E-state index in [1.807, 2.05) is 0 Å². The Kier molecular flexibility index (Phi) is 5.03. The normalized spacial score (nSPS) is 9.67. The predicted molar refractivity (Wildman–Crippen MR) is 11.6 cm³/mol. The molecule has 6 heavy (non-hydrogen) atoms. The van der Waals surface area contributed by atoms with Gasteiger partial charge in [-0.3, -0.25) is 0 Å². The Bertz CT molecular complexity index is 90.7. The van der Waals surface area contributed by atoms with Gasteiger partial charge in [0.25, 0.3) is 0 Å². The Morgan fingerprint density at radius 3 is 1.17 bits per heavy atom. The first-order chi connectivity index (χ1) is 2.00. The molecule has 0 aliphatic carbocycles. The van der Waals surface area contributed by atoms with Crippen LogP contribution in [-0.2, 0) is 21.2 Å². The predicted octanol–water partition coefficient (Wildman–Crippen LogP) is -1.73. The third-order valence-corrected chi connectivity index (χ3v) is 0. The van der Waals surface area contributed by atoms with E-state index in [9.17, 15) is 0 Å². The van der Waals surface area contributed by atoms with Crippen molar-refractivity contribution in [1.29, 1.82) is 0 Å². The molecular weight excluding hydrogens is 325 g/mol. The molecule has 0 heterocycles. The minimum atomic E-state index is -5.25. The van der Waals surface area contributed by atoms with Gasteiger partial charge in [0.1, 0.15) is 0 Å². The zero-order chi connectivity index (χ0) is 4.50. The van der Waals surface area contributed by atoms with Crippen molar-refractivity contribution >= 4 is 26.2 Å². The monoisotopic (exact) mass is 327 g/mol. The second-order valence-corrected chi connectivity index (χ2v) is 1.85. The maximum atomic E-state index is 8.82. The van der Waals surface area contributed by atoms with Crippen molar-refractivity contribution in [3.05, 3.63) is 0 Å². The van der Waals surface area contributed by atoms with Crippen LogP contribution in [0.3, 0.4) is 0 Å². The summed E-state index contributed by atoms with van der Waals surface area (Å²) in [5.74, 6) is 0. The van der Waals surface area contributed by atoms with E-state index >= 15 is 0 Å². The molecule has 37 valence electrons. The molecule has 0 rings (SSSR count). The molecule has 0 aromatic carbocycles. The molecule has 0 spiro atoms. The Balaban J connectivity index is 0. The first-order valence-electron chi connectivity index (χ1n) is 0.698. The van der Waals surface area contributed by atoms with E-state index in [1.165, 1.54) is 0 Å². The molecule has 0 amide bonds. The molecule has 0 saturated heterocycles.